The highest BCUT2D eigenvalue weighted by atomic mass is 79.9. The van der Waals surface area contributed by atoms with E-state index < -0.39 is 0 Å². The first-order valence-electron chi connectivity index (χ1n) is 6.03. The lowest BCUT2D eigenvalue weighted by Crippen LogP contribution is -2.16. The van der Waals surface area contributed by atoms with Crippen molar-refractivity contribution < 1.29 is 0 Å². The number of rotatable bonds is 3. The van der Waals surface area contributed by atoms with Crippen molar-refractivity contribution in [3.05, 3.63) is 63.6 Å². The van der Waals surface area contributed by atoms with Crippen molar-refractivity contribution in [2.45, 2.75) is 6.54 Å². The van der Waals surface area contributed by atoms with Gasteiger partial charge < -0.3 is 4.90 Å². The van der Waals surface area contributed by atoms with E-state index in [2.05, 4.69) is 28.1 Å². The fraction of sp³-hybridized carbons (Fsp3) is 0.125. The Bertz CT molecular complexity index is 710. The molecule has 2 aromatic carbocycles. The molecule has 0 saturated heterocycles. The van der Waals surface area contributed by atoms with Crippen molar-refractivity contribution >= 4 is 21.6 Å². The molecule has 0 spiro atoms. The second-order valence-electron chi connectivity index (χ2n) is 4.48. The summed E-state index contributed by atoms with van der Waals surface area (Å²) in [5, 5.41) is 17.9. The fourth-order valence-electron chi connectivity index (χ4n) is 1.96. The molecule has 0 aliphatic rings. The Morgan fingerprint density at radius 3 is 2.50 bits per heavy atom. The van der Waals surface area contributed by atoms with Gasteiger partial charge in [0, 0.05) is 23.8 Å². The van der Waals surface area contributed by atoms with Crippen LogP contribution in [0, 0.1) is 22.7 Å². The third-order valence-electron chi connectivity index (χ3n) is 2.93. The normalized spacial score (nSPS) is 9.60. The van der Waals surface area contributed by atoms with Gasteiger partial charge >= 0.3 is 0 Å². The summed E-state index contributed by atoms with van der Waals surface area (Å²) >= 11 is 3.41. The van der Waals surface area contributed by atoms with Crippen molar-refractivity contribution in [1.29, 1.82) is 10.5 Å². The lowest BCUT2D eigenvalue weighted by atomic mass is 10.1. The van der Waals surface area contributed by atoms with Gasteiger partial charge in [0.15, 0.2) is 0 Å². The van der Waals surface area contributed by atoms with Crippen molar-refractivity contribution in [1.82, 2.24) is 0 Å². The lowest BCUT2D eigenvalue weighted by Gasteiger charge is -2.20. The van der Waals surface area contributed by atoms with Crippen LogP contribution < -0.4 is 4.90 Å². The van der Waals surface area contributed by atoms with E-state index in [0.717, 1.165) is 15.7 Å². The maximum Gasteiger partial charge on any atom is 0.0992 e. The molecule has 0 aliphatic heterocycles. The van der Waals surface area contributed by atoms with Gasteiger partial charge in [0.05, 0.1) is 23.3 Å². The van der Waals surface area contributed by atoms with Crippen LogP contribution in [0.25, 0.3) is 0 Å². The highest BCUT2D eigenvalue weighted by molar-refractivity contribution is 9.10. The molecule has 0 bridgehead atoms. The highest BCUT2D eigenvalue weighted by Gasteiger charge is 2.06. The summed E-state index contributed by atoms with van der Waals surface area (Å²) in [5.74, 6) is 0. The minimum atomic E-state index is 0.618. The summed E-state index contributed by atoms with van der Waals surface area (Å²) in [6, 6.07) is 17.4. The van der Waals surface area contributed by atoms with Crippen LogP contribution >= 0.6 is 15.9 Å². The number of anilines is 1. The average molecular weight is 326 g/mol. The predicted molar refractivity (Wildman–Crippen MR) is 82.1 cm³/mol. The van der Waals surface area contributed by atoms with Gasteiger partial charge in [-0.05, 0) is 35.9 Å². The standard InChI is InChI=1S/C16H12BrN3/c1-20(11-13-4-2-3-12(5-13)9-18)16-7-14(10-19)6-15(17)8-16/h2-8H,11H2,1H3. The molecular formula is C16H12BrN3. The minimum Gasteiger partial charge on any atom is -0.370 e. The van der Waals surface area contributed by atoms with E-state index in [-0.39, 0.29) is 0 Å². The van der Waals surface area contributed by atoms with Gasteiger partial charge in [-0.15, -0.1) is 0 Å². The number of nitriles is 2. The number of hydrogen-bond donors (Lipinski definition) is 0. The van der Waals surface area contributed by atoms with E-state index in [1.54, 1.807) is 12.1 Å². The van der Waals surface area contributed by atoms with Crippen molar-refractivity contribution in [3.63, 3.8) is 0 Å². The topological polar surface area (TPSA) is 50.8 Å². The number of hydrogen-bond acceptors (Lipinski definition) is 3. The molecule has 3 nitrogen and oxygen atoms in total. The van der Waals surface area contributed by atoms with Crippen LogP contribution in [0.4, 0.5) is 5.69 Å². The van der Waals surface area contributed by atoms with Gasteiger partial charge in [-0.3, -0.25) is 0 Å². The molecule has 98 valence electrons. The van der Waals surface area contributed by atoms with E-state index in [0.29, 0.717) is 17.7 Å². The molecule has 0 amide bonds. The zero-order valence-electron chi connectivity index (χ0n) is 11.0. The molecule has 0 fully saturated rings. The third-order valence-corrected chi connectivity index (χ3v) is 3.39. The summed E-state index contributed by atoms with van der Waals surface area (Å²) in [6.07, 6.45) is 0. The summed E-state index contributed by atoms with van der Waals surface area (Å²) in [5.41, 5.74) is 3.29. The molecular weight excluding hydrogens is 314 g/mol. The number of halogens is 1. The van der Waals surface area contributed by atoms with Gasteiger partial charge in [0.25, 0.3) is 0 Å². The molecule has 20 heavy (non-hydrogen) atoms. The highest BCUT2D eigenvalue weighted by Crippen LogP contribution is 2.23. The van der Waals surface area contributed by atoms with Gasteiger partial charge in [0.2, 0.25) is 0 Å². The zero-order valence-corrected chi connectivity index (χ0v) is 12.6. The monoisotopic (exact) mass is 325 g/mol. The maximum absolute atomic E-state index is 9.00. The summed E-state index contributed by atoms with van der Waals surface area (Å²) in [6.45, 7) is 0.677. The zero-order chi connectivity index (χ0) is 14.5. The molecule has 0 unspecified atom stereocenters. The Kier molecular flexibility index (Phi) is 4.40. The smallest absolute Gasteiger partial charge is 0.0992 e. The van der Waals surface area contributed by atoms with Crippen molar-refractivity contribution in [3.8, 4) is 12.1 Å². The summed E-state index contributed by atoms with van der Waals surface area (Å²) < 4.78 is 0.879. The first-order chi connectivity index (χ1) is 9.62. The second kappa shape index (κ2) is 6.23. The van der Waals surface area contributed by atoms with Gasteiger partial charge in [-0.25, -0.2) is 0 Å². The Balaban J connectivity index is 2.24. The average Bonchev–Trinajstić information content (AvgIpc) is 2.46. The molecule has 0 saturated carbocycles. The Morgan fingerprint density at radius 1 is 1.05 bits per heavy atom. The molecule has 0 atom stereocenters. The van der Waals surface area contributed by atoms with Crippen LogP contribution in [0.1, 0.15) is 16.7 Å². The van der Waals surface area contributed by atoms with Crippen molar-refractivity contribution in [2.24, 2.45) is 0 Å². The molecule has 0 radical (unpaired) electrons. The van der Waals surface area contributed by atoms with Crippen LogP contribution in [-0.4, -0.2) is 7.05 Å². The molecule has 0 aliphatic carbocycles. The van der Waals surface area contributed by atoms with E-state index in [4.69, 9.17) is 10.5 Å². The van der Waals surface area contributed by atoms with E-state index in [1.807, 2.05) is 42.3 Å². The number of benzene rings is 2. The lowest BCUT2D eigenvalue weighted by molar-refractivity contribution is 0.921. The van der Waals surface area contributed by atoms with Crippen molar-refractivity contribution in [2.75, 3.05) is 11.9 Å². The molecule has 0 aromatic heterocycles. The molecule has 0 heterocycles. The van der Waals surface area contributed by atoms with E-state index >= 15 is 0 Å². The Hall–Kier alpha value is -2.30. The molecule has 2 aromatic rings. The molecule has 2 rings (SSSR count). The van der Waals surface area contributed by atoms with Crippen LogP contribution in [-0.2, 0) is 6.54 Å². The quantitative estimate of drug-likeness (QED) is 0.861. The van der Waals surface area contributed by atoms with Crippen LogP contribution in [0.3, 0.4) is 0 Å². The van der Waals surface area contributed by atoms with E-state index in [1.165, 1.54) is 0 Å². The first-order valence-corrected chi connectivity index (χ1v) is 6.82. The van der Waals surface area contributed by atoms with Gasteiger partial charge in [-0.1, -0.05) is 28.1 Å². The SMILES string of the molecule is CN(Cc1cccc(C#N)c1)c1cc(Br)cc(C#N)c1. The van der Waals surface area contributed by atoms with Crippen LogP contribution in [0.2, 0.25) is 0 Å². The summed E-state index contributed by atoms with van der Waals surface area (Å²) in [4.78, 5) is 2.04. The number of nitrogens with zero attached hydrogens (tertiary/aromatic N) is 3. The Labute approximate surface area is 126 Å². The second-order valence-corrected chi connectivity index (χ2v) is 5.39. The maximum atomic E-state index is 9.00. The van der Waals surface area contributed by atoms with Gasteiger partial charge in [0.1, 0.15) is 0 Å². The van der Waals surface area contributed by atoms with Crippen LogP contribution in [0.5, 0.6) is 0 Å². The minimum absolute atomic E-state index is 0.618. The van der Waals surface area contributed by atoms with Gasteiger partial charge in [-0.2, -0.15) is 10.5 Å². The summed E-state index contributed by atoms with van der Waals surface area (Å²) in [7, 11) is 1.96. The van der Waals surface area contributed by atoms with E-state index in [9.17, 15) is 0 Å². The Morgan fingerprint density at radius 2 is 1.80 bits per heavy atom. The fourth-order valence-corrected chi connectivity index (χ4v) is 2.44. The van der Waals surface area contributed by atoms with Crippen LogP contribution in [0.15, 0.2) is 46.9 Å². The first kappa shape index (κ1) is 14.1. The molecule has 4 heteroatoms. The predicted octanol–water partition coefficient (Wildman–Crippen LogP) is 3.83. The largest absolute Gasteiger partial charge is 0.370 e. The molecule has 0 N–H and O–H groups in total. The third kappa shape index (κ3) is 3.38.